The van der Waals surface area contributed by atoms with E-state index < -0.39 is 0 Å². The van der Waals surface area contributed by atoms with Crippen molar-refractivity contribution >= 4 is 11.5 Å². The summed E-state index contributed by atoms with van der Waals surface area (Å²) in [7, 11) is 0. The molecule has 17 heavy (non-hydrogen) atoms. The monoisotopic (exact) mass is 234 g/mol. The average Bonchev–Trinajstić information content (AvgIpc) is 2.27. The second-order valence-electron chi connectivity index (χ2n) is 4.84. The summed E-state index contributed by atoms with van der Waals surface area (Å²) in [6.45, 7) is 6.37. The Bertz CT molecular complexity index is 430. The third-order valence-corrected chi connectivity index (χ3v) is 2.86. The SMILES string of the molecule is CC1(C)CN(c2cnccc2C(=N)N)CCO1. The van der Waals surface area contributed by atoms with Gasteiger partial charge in [-0.1, -0.05) is 0 Å². The Morgan fingerprint density at radius 2 is 2.35 bits per heavy atom. The number of morpholine rings is 1. The summed E-state index contributed by atoms with van der Waals surface area (Å²) in [6.07, 6.45) is 3.42. The first-order chi connectivity index (χ1) is 7.99. The van der Waals surface area contributed by atoms with Gasteiger partial charge in [-0.25, -0.2) is 0 Å². The lowest BCUT2D eigenvalue weighted by Crippen LogP contribution is -2.48. The number of hydrogen-bond acceptors (Lipinski definition) is 4. The molecule has 0 bridgehead atoms. The molecule has 1 fully saturated rings. The fourth-order valence-corrected chi connectivity index (χ4v) is 2.09. The number of ether oxygens (including phenoxy) is 1. The van der Waals surface area contributed by atoms with Gasteiger partial charge in [0, 0.05) is 24.8 Å². The van der Waals surface area contributed by atoms with Crippen LogP contribution in [0.4, 0.5) is 5.69 Å². The van der Waals surface area contributed by atoms with E-state index in [2.05, 4.69) is 23.7 Å². The Kier molecular flexibility index (Phi) is 3.02. The number of amidine groups is 1. The standard InChI is InChI=1S/C12H18N4O/c1-12(2)8-16(5-6-17-12)10-7-15-4-3-9(10)11(13)14/h3-4,7H,5-6,8H2,1-2H3,(H3,13,14). The van der Waals surface area contributed by atoms with Gasteiger partial charge in [0.25, 0.3) is 0 Å². The van der Waals surface area contributed by atoms with E-state index in [-0.39, 0.29) is 11.4 Å². The van der Waals surface area contributed by atoms with Crippen LogP contribution in [-0.2, 0) is 4.74 Å². The fraction of sp³-hybridized carbons (Fsp3) is 0.500. The molecule has 0 unspecified atom stereocenters. The van der Waals surface area contributed by atoms with Gasteiger partial charge in [-0.15, -0.1) is 0 Å². The highest BCUT2D eigenvalue weighted by molar-refractivity contribution is 6.00. The number of nitrogens with one attached hydrogen (secondary N) is 1. The van der Waals surface area contributed by atoms with Crippen molar-refractivity contribution in [2.24, 2.45) is 5.73 Å². The molecule has 0 aliphatic carbocycles. The van der Waals surface area contributed by atoms with Crippen LogP contribution in [0.1, 0.15) is 19.4 Å². The fourth-order valence-electron chi connectivity index (χ4n) is 2.09. The molecular weight excluding hydrogens is 216 g/mol. The van der Waals surface area contributed by atoms with Crippen LogP contribution < -0.4 is 10.6 Å². The molecule has 0 spiro atoms. The molecule has 1 aliphatic rings. The van der Waals surface area contributed by atoms with Crippen molar-refractivity contribution < 1.29 is 4.74 Å². The van der Waals surface area contributed by atoms with Crippen LogP contribution in [0.5, 0.6) is 0 Å². The van der Waals surface area contributed by atoms with Gasteiger partial charge in [0.2, 0.25) is 0 Å². The van der Waals surface area contributed by atoms with Crippen molar-refractivity contribution in [3.8, 4) is 0 Å². The van der Waals surface area contributed by atoms with E-state index in [1.54, 1.807) is 18.5 Å². The summed E-state index contributed by atoms with van der Waals surface area (Å²) in [6, 6.07) is 1.78. The van der Waals surface area contributed by atoms with Gasteiger partial charge in [-0.2, -0.15) is 0 Å². The first-order valence-corrected chi connectivity index (χ1v) is 5.67. The maximum atomic E-state index is 7.59. The first kappa shape index (κ1) is 11.9. The molecule has 1 aromatic heterocycles. The predicted octanol–water partition coefficient (Wildman–Crippen LogP) is 0.981. The molecule has 1 aliphatic heterocycles. The summed E-state index contributed by atoms with van der Waals surface area (Å²) >= 11 is 0. The van der Waals surface area contributed by atoms with Gasteiger partial charge in [-0.3, -0.25) is 10.4 Å². The Labute approximate surface area is 101 Å². The number of nitrogen functional groups attached to an aromatic ring is 1. The molecule has 5 heteroatoms. The summed E-state index contributed by atoms with van der Waals surface area (Å²) < 4.78 is 5.67. The van der Waals surface area contributed by atoms with Crippen LogP contribution in [0, 0.1) is 5.41 Å². The number of pyridine rings is 1. The van der Waals surface area contributed by atoms with E-state index in [1.165, 1.54) is 0 Å². The summed E-state index contributed by atoms with van der Waals surface area (Å²) in [5.41, 5.74) is 7.06. The third kappa shape index (κ3) is 2.55. The highest BCUT2D eigenvalue weighted by Gasteiger charge is 2.28. The predicted molar refractivity (Wildman–Crippen MR) is 67.5 cm³/mol. The van der Waals surface area contributed by atoms with Crippen LogP contribution in [0.3, 0.4) is 0 Å². The summed E-state index contributed by atoms with van der Waals surface area (Å²) in [4.78, 5) is 6.29. The van der Waals surface area contributed by atoms with Crippen molar-refractivity contribution in [1.82, 2.24) is 4.98 Å². The van der Waals surface area contributed by atoms with Crippen molar-refractivity contribution in [3.05, 3.63) is 24.0 Å². The molecule has 92 valence electrons. The van der Waals surface area contributed by atoms with Crippen molar-refractivity contribution in [2.75, 3.05) is 24.6 Å². The van der Waals surface area contributed by atoms with Gasteiger partial charge >= 0.3 is 0 Å². The largest absolute Gasteiger partial charge is 0.384 e. The number of rotatable bonds is 2. The molecular formula is C12H18N4O. The first-order valence-electron chi connectivity index (χ1n) is 5.67. The van der Waals surface area contributed by atoms with E-state index in [9.17, 15) is 0 Å². The zero-order valence-corrected chi connectivity index (χ0v) is 10.2. The van der Waals surface area contributed by atoms with Crippen LogP contribution in [0.25, 0.3) is 0 Å². The molecule has 0 saturated carbocycles. The molecule has 0 amide bonds. The van der Waals surface area contributed by atoms with Crippen molar-refractivity contribution in [2.45, 2.75) is 19.4 Å². The van der Waals surface area contributed by atoms with Crippen LogP contribution >= 0.6 is 0 Å². The van der Waals surface area contributed by atoms with Crippen LogP contribution in [-0.4, -0.2) is 36.1 Å². The number of nitrogens with two attached hydrogens (primary N) is 1. The lowest BCUT2D eigenvalue weighted by Gasteiger charge is -2.39. The van der Waals surface area contributed by atoms with E-state index in [0.717, 1.165) is 24.3 Å². The average molecular weight is 234 g/mol. The van der Waals surface area contributed by atoms with E-state index in [1.807, 2.05) is 0 Å². The molecule has 2 heterocycles. The topological polar surface area (TPSA) is 75.2 Å². The van der Waals surface area contributed by atoms with Crippen LogP contribution in [0.15, 0.2) is 18.5 Å². The Morgan fingerprint density at radius 3 is 3.00 bits per heavy atom. The van der Waals surface area contributed by atoms with Gasteiger partial charge in [0.15, 0.2) is 0 Å². The quantitative estimate of drug-likeness (QED) is 0.591. The Hall–Kier alpha value is -1.62. The highest BCUT2D eigenvalue weighted by atomic mass is 16.5. The van der Waals surface area contributed by atoms with Gasteiger partial charge in [0.05, 0.1) is 24.1 Å². The smallest absolute Gasteiger partial charge is 0.125 e. The lowest BCUT2D eigenvalue weighted by molar-refractivity contribution is -0.0277. The minimum Gasteiger partial charge on any atom is -0.384 e. The molecule has 0 radical (unpaired) electrons. The molecule has 0 atom stereocenters. The van der Waals surface area contributed by atoms with Gasteiger partial charge in [0.1, 0.15) is 5.84 Å². The lowest BCUT2D eigenvalue weighted by atomic mass is 10.1. The molecule has 1 aromatic rings. The summed E-state index contributed by atoms with van der Waals surface area (Å²) in [5.74, 6) is 0.0756. The number of hydrogen-bond donors (Lipinski definition) is 2. The second kappa shape index (κ2) is 4.33. The zero-order valence-electron chi connectivity index (χ0n) is 10.2. The molecule has 5 nitrogen and oxygen atoms in total. The molecule has 1 saturated heterocycles. The summed E-state index contributed by atoms with van der Waals surface area (Å²) in [5, 5.41) is 7.59. The number of nitrogens with zero attached hydrogens (tertiary/aromatic N) is 2. The van der Waals surface area contributed by atoms with Gasteiger partial charge in [-0.05, 0) is 19.9 Å². The maximum absolute atomic E-state index is 7.59. The van der Waals surface area contributed by atoms with Crippen molar-refractivity contribution in [3.63, 3.8) is 0 Å². The minimum absolute atomic E-state index is 0.0756. The normalized spacial score (nSPS) is 19.1. The zero-order chi connectivity index (χ0) is 12.5. The third-order valence-electron chi connectivity index (χ3n) is 2.86. The molecule has 3 N–H and O–H groups in total. The highest BCUT2D eigenvalue weighted by Crippen LogP contribution is 2.25. The number of anilines is 1. The maximum Gasteiger partial charge on any atom is 0.125 e. The number of aromatic nitrogens is 1. The van der Waals surface area contributed by atoms with E-state index in [4.69, 9.17) is 15.9 Å². The Balaban J connectivity index is 2.30. The van der Waals surface area contributed by atoms with Crippen LogP contribution in [0.2, 0.25) is 0 Å². The van der Waals surface area contributed by atoms with Gasteiger partial charge < -0.3 is 15.4 Å². The second-order valence-corrected chi connectivity index (χ2v) is 4.84. The van der Waals surface area contributed by atoms with Crippen molar-refractivity contribution in [1.29, 1.82) is 5.41 Å². The minimum atomic E-state index is -0.178. The molecule has 0 aromatic carbocycles. The van der Waals surface area contributed by atoms with E-state index >= 15 is 0 Å². The van der Waals surface area contributed by atoms with E-state index in [0.29, 0.717) is 6.61 Å². The Morgan fingerprint density at radius 1 is 1.59 bits per heavy atom. The molecule has 2 rings (SSSR count).